The number of benzene rings is 9. The minimum atomic E-state index is -0.0296. The van der Waals surface area contributed by atoms with E-state index in [4.69, 9.17) is 0 Å². The summed E-state index contributed by atoms with van der Waals surface area (Å²) in [5.41, 5.74) is 13.1. The van der Waals surface area contributed by atoms with E-state index in [1.807, 2.05) is 0 Å². The molecule has 1 aliphatic rings. The van der Waals surface area contributed by atoms with Gasteiger partial charge in [0.2, 0.25) is 0 Å². The summed E-state index contributed by atoms with van der Waals surface area (Å²) in [6.07, 6.45) is 0. The Balaban J connectivity index is 1.12. The lowest BCUT2D eigenvalue weighted by atomic mass is 9.82. The number of hydrogen-bond acceptors (Lipinski definition) is 0. The van der Waals surface area contributed by atoms with Crippen LogP contribution in [0.1, 0.15) is 25.0 Å². The summed E-state index contributed by atoms with van der Waals surface area (Å²) in [6, 6.07) is 63.1. The van der Waals surface area contributed by atoms with Crippen molar-refractivity contribution < 1.29 is 0 Å². The molecular formula is C49H34. The lowest BCUT2D eigenvalue weighted by molar-refractivity contribution is 0.661. The van der Waals surface area contributed by atoms with Crippen LogP contribution in [0.5, 0.6) is 0 Å². The molecule has 9 aromatic rings. The van der Waals surface area contributed by atoms with Crippen molar-refractivity contribution in [3.05, 3.63) is 181 Å². The molecule has 0 radical (unpaired) electrons. The maximum Gasteiger partial charge on any atom is 0.0159 e. The molecule has 0 atom stereocenters. The topological polar surface area (TPSA) is 0 Å². The van der Waals surface area contributed by atoms with Crippen molar-refractivity contribution in [1.82, 2.24) is 0 Å². The summed E-state index contributed by atoms with van der Waals surface area (Å²) < 4.78 is 0. The monoisotopic (exact) mass is 622 g/mol. The van der Waals surface area contributed by atoms with Crippen molar-refractivity contribution in [3.8, 4) is 44.5 Å². The standard InChI is InChI=1S/C49H34/c1-49(2)44-27-26-36(30-43(44)48-38-14-6-5-12-33(38)25-28-45(48)49)32-19-22-34(23-20-32)46-39-15-7-9-17-41(39)47(42-18-10-8-16-40(42)46)37-24-21-31-11-3-4-13-35(31)29-37/h3-30H,1-2H3. The second kappa shape index (κ2) is 10.5. The smallest absolute Gasteiger partial charge is 0.0159 e. The molecule has 10 rings (SSSR count). The molecule has 0 heterocycles. The summed E-state index contributed by atoms with van der Waals surface area (Å²) >= 11 is 0. The Morgan fingerprint density at radius 3 is 1.45 bits per heavy atom. The molecule has 0 nitrogen and oxygen atoms in total. The SMILES string of the molecule is CC1(C)c2ccc(-c3ccc(-c4c5ccccc5c(-c5ccc6ccccc6c5)c5ccccc45)cc3)cc2-c2c1ccc1ccccc21. The number of fused-ring (bicyclic) bond motifs is 8. The molecule has 49 heavy (non-hydrogen) atoms. The number of hydrogen-bond donors (Lipinski definition) is 0. The van der Waals surface area contributed by atoms with E-state index in [1.54, 1.807) is 0 Å². The highest BCUT2D eigenvalue weighted by molar-refractivity contribution is 6.21. The zero-order chi connectivity index (χ0) is 32.7. The zero-order valence-corrected chi connectivity index (χ0v) is 27.7. The predicted octanol–water partition coefficient (Wildman–Crippen LogP) is 13.6. The normalized spacial score (nSPS) is 13.3. The Hall–Kier alpha value is -5.98. The zero-order valence-electron chi connectivity index (χ0n) is 27.7. The van der Waals surface area contributed by atoms with E-state index in [-0.39, 0.29) is 5.41 Å². The summed E-state index contributed by atoms with van der Waals surface area (Å²) in [5.74, 6) is 0. The molecule has 0 saturated carbocycles. The fourth-order valence-electron chi connectivity index (χ4n) is 8.63. The highest BCUT2D eigenvalue weighted by atomic mass is 14.4. The van der Waals surface area contributed by atoms with Gasteiger partial charge in [-0.05, 0) is 111 Å². The number of rotatable bonds is 3. The summed E-state index contributed by atoms with van der Waals surface area (Å²) in [4.78, 5) is 0. The first-order valence-corrected chi connectivity index (χ1v) is 17.3. The predicted molar refractivity (Wildman–Crippen MR) is 210 cm³/mol. The van der Waals surface area contributed by atoms with E-state index in [1.165, 1.54) is 98.7 Å². The molecular weight excluding hydrogens is 589 g/mol. The molecule has 1 aliphatic carbocycles. The van der Waals surface area contributed by atoms with Crippen molar-refractivity contribution in [2.75, 3.05) is 0 Å². The Morgan fingerprint density at radius 1 is 0.306 bits per heavy atom. The van der Waals surface area contributed by atoms with Crippen LogP contribution in [0.25, 0.3) is 87.6 Å². The molecule has 9 aromatic carbocycles. The first-order valence-electron chi connectivity index (χ1n) is 17.3. The van der Waals surface area contributed by atoms with Gasteiger partial charge in [0.1, 0.15) is 0 Å². The van der Waals surface area contributed by atoms with Crippen molar-refractivity contribution >= 4 is 43.1 Å². The molecule has 0 bridgehead atoms. The Morgan fingerprint density at radius 2 is 0.776 bits per heavy atom. The lowest BCUT2D eigenvalue weighted by Gasteiger charge is -2.21. The summed E-state index contributed by atoms with van der Waals surface area (Å²) in [5, 5.41) is 10.3. The second-order valence-electron chi connectivity index (χ2n) is 14.1. The van der Waals surface area contributed by atoms with Crippen LogP contribution in [-0.2, 0) is 5.41 Å². The average Bonchev–Trinajstić information content (AvgIpc) is 3.39. The first-order chi connectivity index (χ1) is 24.1. The van der Waals surface area contributed by atoms with Crippen LogP contribution in [0.2, 0.25) is 0 Å². The van der Waals surface area contributed by atoms with E-state index < -0.39 is 0 Å². The third-order valence-corrected chi connectivity index (χ3v) is 11.0. The van der Waals surface area contributed by atoms with Gasteiger partial charge in [0.15, 0.2) is 0 Å². The van der Waals surface area contributed by atoms with Gasteiger partial charge in [0, 0.05) is 5.41 Å². The van der Waals surface area contributed by atoms with E-state index in [0.29, 0.717) is 0 Å². The minimum Gasteiger partial charge on any atom is -0.0616 e. The van der Waals surface area contributed by atoms with Gasteiger partial charge in [-0.25, -0.2) is 0 Å². The molecule has 0 aliphatic heterocycles. The van der Waals surface area contributed by atoms with Crippen LogP contribution < -0.4 is 0 Å². The van der Waals surface area contributed by atoms with Crippen LogP contribution in [-0.4, -0.2) is 0 Å². The van der Waals surface area contributed by atoms with Crippen molar-refractivity contribution in [3.63, 3.8) is 0 Å². The van der Waals surface area contributed by atoms with E-state index in [0.717, 1.165) is 0 Å². The first kappa shape index (κ1) is 28.1. The van der Waals surface area contributed by atoms with Gasteiger partial charge in [0.25, 0.3) is 0 Å². The van der Waals surface area contributed by atoms with Gasteiger partial charge in [-0.3, -0.25) is 0 Å². The van der Waals surface area contributed by atoms with Gasteiger partial charge in [-0.2, -0.15) is 0 Å². The maximum absolute atomic E-state index is 2.42. The Kier molecular flexibility index (Phi) is 6.02. The molecule has 0 aromatic heterocycles. The minimum absolute atomic E-state index is 0.0296. The van der Waals surface area contributed by atoms with Gasteiger partial charge in [-0.15, -0.1) is 0 Å². The fraction of sp³-hybridized carbons (Fsp3) is 0.0612. The third kappa shape index (κ3) is 4.17. The summed E-state index contributed by atoms with van der Waals surface area (Å²) in [7, 11) is 0. The van der Waals surface area contributed by atoms with Crippen LogP contribution in [0.4, 0.5) is 0 Å². The molecule has 230 valence electrons. The highest BCUT2D eigenvalue weighted by Crippen LogP contribution is 2.52. The van der Waals surface area contributed by atoms with Gasteiger partial charge < -0.3 is 0 Å². The maximum atomic E-state index is 2.42. The van der Waals surface area contributed by atoms with Crippen LogP contribution in [0.15, 0.2) is 170 Å². The van der Waals surface area contributed by atoms with Crippen molar-refractivity contribution in [1.29, 1.82) is 0 Å². The molecule has 0 saturated heterocycles. The lowest BCUT2D eigenvalue weighted by Crippen LogP contribution is -2.14. The van der Waals surface area contributed by atoms with Gasteiger partial charge >= 0.3 is 0 Å². The van der Waals surface area contributed by atoms with Crippen LogP contribution >= 0.6 is 0 Å². The van der Waals surface area contributed by atoms with Crippen LogP contribution in [0.3, 0.4) is 0 Å². The third-order valence-electron chi connectivity index (χ3n) is 11.0. The molecule has 0 fully saturated rings. The Bertz CT molecular complexity index is 2720. The quantitative estimate of drug-likeness (QED) is 0.172. The van der Waals surface area contributed by atoms with Crippen molar-refractivity contribution in [2.24, 2.45) is 0 Å². The second-order valence-corrected chi connectivity index (χ2v) is 14.1. The van der Waals surface area contributed by atoms with Crippen molar-refractivity contribution in [2.45, 2.75) is 19.3 Å². The van der Waals surface area contributed by atoms with E-state index in [9.17, 15) is 0 Å². The summed E-state index contributed by atoms with van der Waals surface area (Å²) in [6.45, 7) is 4.72. The largest absolute Gasteiger partial charge is 0.0616 e. The molecule has 0 spiro atoms. The molecule has 0 unspecified atom stereocenters. The fourth-order valence-corrected chi connectivity index (χ4v) is 8.63. The van der Waals surface area contributed by atoms with Crippen LogP contribution in [0, 0.1) is 0 Å². The van der Waals surface area contributed by atoms with Gasteiger partial charge in [0.05, 0.1) is 0 Å². The average molecular weight is 623 g/mol. The Labute approximate surface area is 286 Å². The molecule has 0 amide bonds. The van der Waals surface area contributed by atoms with Gasteiger partial charge in [-0.1, -0.05) is 172 Å². The van der Waals surface area contributed by atoms with E-state index in [2.05, 4.69) is 184 Å². The molecule has 0 N–H and O–H groups in total. The van der Waals surface area contributed by atoms with E-state index >= 15 is 0 Å². The highest BCUT2D eigenvalue weighted by Gasteiger charge is 2.36. The molecule has 0 heteroatoms.